The summed E-state index contributed by atoms with van der Waals surface area (Å²) >= 11 is 3.66. The molecule has 2 heterocycles. The molecular weight excluding hydrogens is 348 g/mol. The number of hydrogen-bond acceptors (Lipinski definition) is 3. The van der Waals surface area contributed by atoms with E-state index < -0.39 is 11.4 Å². The molecule has 120 valence electrons. The van der Waals surface area contributed by atoms with Gasteiger partial charge in [-0.1, -0.05) is 0 Å². The van der Waals surface area contributed by atoms with E-state index in [9.17, 15) is 9.90 Å². The minimum atomic E-state index is -0.837. The first kappa shape index (κ1) is 15.7. The molecule has 4 nitrogen and oxygen atoms in total. The van der Waals surface area contributed by atoms with Gasteiger partial charge >= 0.3 is 5.97 Å². The average Bonchev–Trinajstić information content (AvgIpc) is 2.97. The number of carboxylic acid groups (broad SMARTS) is 1. The van der Waals surface area contributed by atoms with Gasteiger partial charge in [-0.3, -0.25) is 4.79 Å². The lowest BCUT2D eigenvalue weighted by molar-refractivity contribution is -0.146. The predicted molar refractivity (Wildman–Crippen MR) is 86.9 cm³/mol. The van der Waals surface area contributed by atoms with Gasteiger partial charge in [0.25, 0.3) is 0 Å². The number of benzene rings is 1. The first-order valence-corrected chi connectivity index (χ1v) is 8.42. The maximum absolute atomic E-state index is 11.5. The largest absolute Gasteiger partial charge is 0.490 e. The second-order valence-corrected chi connectivity index (χ2v) is 7.83. The standard InChI is InChI=1S/C17H21BrO4/c1-8-5-10-12(7-17(3,4)16(19)20)14-11(6-9(2)21-14)13(18)15(10)22-8/h8-9H,5-7H2,1-4H3,(H,19,20). The Labute approximate surface area is 138 Å². The van der Waals surface area contributed by atoms with E-state index in [1.54, 1.807) is 13.8 Å². The molecule has 2 aliphatic rings. The molecule has 0 aromatic heterocycles. The second-order valence-electron chi connectivity index (χ2n) is 7.04. The van der Waals surface area contributed by atoms with Crippen molar-refractivity contribution in [2.75, 3.05) is 0 Å². The fourth-order valence-electron chi connectivity index (χ4n) is 3.25. The zero-order valence-corrected chi connectivity index (χ0v) is 14.9. The van der Waals surface area contributed by atoms with Gasteiger partial charge in [-0.25, -0.2) is 0 Å². The molecule has 2 atom stereocenters. The Balaban J connectivity index is 2.16. The minimum absolute atomic E-state index is 0.109. The van der Waals surface area contributed by atoms with Crippen LogP contribution in [0.1, 0.15) is 44.4 Å². The summed E-state index contributed by atoms with van der Waals surface area (Å²) in [5.74, 6) is 0.946. The van der Waals surface area contributed by atoms with E-state index in [0.29, 0.717) is 6.42 Å². The molecule has 1 aromatic carbocycles. The third-order valence-electron chi connectivity index (χ3n) is 4.47. The van der Waals surface area contributed by atoms with Crippen LogP contribution in [-0.4, -0.2) is 23.3 Å². The summed E-state index contributed by atoms with van der Waals surface area (Å²) in [6.07, 6.45) is 2.28. The summed E-state index contributed by atoms with van der Waals surface area (Å²) in [6.45, 7) is 7.59. The third kappa shape index (κ3) is 2.39. The molecule has 1 N–H and O–H groups in total. The van der Waals surface area contributed by atoms with E-state index >= 15 is 0 Å². The Bertz CT molecular complexity index is 612. The molecule has 0 aliphatic carbocycles. The highest BCUT2D eigenvalue weighted by atomic mass is 79.9. The van der Waals surface area contributed by atoms with Crippen molar-refractivity contribution in [1.29, 1.82) is 0 Å². The Morgan fingerprint density at radius 3 is 2.32 bits per heavy atom. The van der Waals surface area contributed by atoms with Crippen molar-refractivity contribution < 1.29 is 19.4 Å². The van der Waals surface area contributed by atoms with Crippen molar-refractivity contribution in [1.82, 2.24) is 0 Å². The highest BCUT2D eigenvalue weighted by Gasteiger charge is 2.38. The predicted octanol–water partition coefficient (Wildman–Crippen LogP) is 3.75. The van der Waals surface area contributed by atoms with Gasteiger partial charge in [0.1, 0.15) is 23.7 Å². The first-order valence-electron chi connectivity index (χ1n) is 7.63. The first-order chi connectivity index (χ1) is 10.2. The number of ether oxygens (including phenoxy) is 2. The van der Waals surface area contributed by atoms with Crippen molar-refractivity contribution in [3.8, 4) is 11.5 Å². The van der Waals surface area contributed by atoms with Gasteiger partial charge in [0.15, 0.2) is 0 Å². The van der Waals surface area contributed by atoms with E-state index in [1.807, 2.05) is 13.8 Å². The summed E-state index contributed by atoms with van der Waals surface area (Å²) in [5, 5.41) is 9.48. The van der Waals surface area contributed by atoms with Gasteiger partial charge in [0.2, 0.25) is 0 Å². The average molecular weight is 369 g/mol. The van der Waals surface area contributed by atoms with E-state index in [1.165, 1.54) is 0 Å². The topological polar surface area (TPSA) is 55.8 Å². The molecule has 5 heteroatoms. The number of halogens is 1. The van der Waals surface area contributed by atoms with Crippen LogP contribution in [-0.2, 0) is 24.1 Å². The zero-order chi connectivity index (χ0) is 16.2. The summed E-state index contributed by atoms with van der Waals surface area (Å²) in [6, 6.07) is 0. The van der Waals surface area contributed by atoms with E-state index in [2.05, 4.69) is 15.9 Å². The van der Waals surface area contributed by atoms with Crippen LogP contribution in [0.25, 0.3) is 0 Å². The minimum Gasteiger partial charge on any atom is -0.490 e. The molecule has 0 amide bonds. The smallest absolute Gasteiger partial charge is 0.309 e. The Hall–Kier alpha value is -1.23. The summed E-state index contributed by atoms with van der Waals surface area (Å²) < 4.78 is 13.0. The SMILES string of the molecule is CC1Cc2c(CC(C)(C)C(=O)O)c3c(c(Br)c2O1)CC(C)O3. The van der Waals surface area contributed by atoms with Crippen molar-refractivity contribution in [3.05, 3.63) is 21.2 Å². The number of hydrogen-bond donors (Lipinski definition) is 1. The van der Waals surface area contributed by atoms with Gasteiger partial charge < -0.3 is 14.6 Å². The molecule has 3 rings (SSSR count). The molecule has 0 fully saturated rings. The number of carbonyl (C=O) groups is 1. The zero-order valence-electron chi connectivity index (χ0n) is 13.3. The maximum atomic E-state index is 11.5. The van der Waals surface area contributed by atoms with Gasteiger partial charge in [0, 0.05) is 29.5 Å². The normalized spacial score (nSPS) is 22.8. The van der Waals surface area contributed by atoms with Crippen molar-refractivity contribution in [2.45, 2.75) is 59.2 Å². The van der Waals surface area contributed by atoms with E-state index in [0.717, 1.165) is 45.5 Å². The molecule has 0 radical (unpaired) electrons. The van der Waals surface area contributed by atoms with Crippen molar-refractivity contribution in [3.63, 3.8) is 0 Å². The van der Waals surface area contributed by atoms with Crippen LogP contribution in [0.2, 0.25) is 0 Å². The lowest BCUT2D eigenvalue weighted by atomic mass is 9.82. The van der Waals surface area contributed by atoms with Crippen LogP contribution in [0.3, 0.4) is 0 Å². The Morgan fingerprint density at radius 2 is 1.73 bits per heavy atom. The monoisotopic (exact) mass is 368 g/mol. The molecule has 0 bridgehead atoms. The highest BCUT2D eigenvalue weighted by molar-refractivity contribution is 9.10. The lowest BCUT2D eigenvalue weighted by Gasteiger charge is -2.23. The van der Waals surface area contributed by atoms with Crippen LogP contribution in [0, 0.1) is 5.41 Å². The van der Waals surface area contributed by atoms with Crippen LogP contribution in [0.15, 0.2) is 4.47 Å². The van der Waals surface area contributed by atoms with E-state index in [-0.39, 0.29) is 12.2 Å². The maximum Gasteiger partial charge on any atom is 0.309 e. The number of aliphatic carboxylic acids is 1. The molecule has 0 spiro atoms. The van der Waals surface area contributed by atoms with Gasteiger partial charge in [-0.15, -0.1) is 0 Å². The fourth-order valence-corrected chi connectivity index (χ4v) is 3.93. The van der Waals surface area contributed by atoms with Gasteiger partial charge in [-0.05, 0) is 50.0 Å². The van der Waals surface area contributed by atoms with E-state index in [4.69, 9.17) is 9.47 Å². The van der Waals surface area contributed by atoms with Crippen LogP contribution in [0.4, 0.5) is 0 Å². The number of rotatable bonds is 3. The molecule has 0 saturated carbocycles. The number of carboxylic acids is 1. The number of fused-ring (bicyclic) bond motifs is 2. The van der Waals surface area contributed by atoms with Crippen LogP contribution in [0.5, 0.6) is 11.5 Å². The quantitative estimate of drug-likeness (QED) is 0.882. The van der Waals surface area contributed by atoms with Crippen molar-refractivity contribution in [2.24, 2.45) is 5.41 Å². The fraction of sp³-hybridized carbons (Fsp3) is 0.588. The van der Waals surface area contributed by atoms with Crippen LogP contribution < -0.4 is 9.47 Å². The molecule has 2 aliphatic heterocycles. The highest BCUT2D eigenvalue weighted by Crippen LogP contribution is 2.50. The Morgan fingerprint density at radius 1 is 1.18 bits per heavy atom. The molecule has 2 unspecified atom stereocenters. The van der Waals surface area contributed by atoms with Gasteiger partial charge in [0.05, 0.1) is 9.89 Å². The summed E-state index contributed by atoms with van der Waals surface area (Å²) in [4.78, 5) is 11.5. The molecule has 0 saturated heterocycles. The lowest BCUT2D eigenvalue weighted by Crippen LogP contribution is -2.27. The summed E-state index contributed by atoms with van der Waals surface area (Å²) in [7, 11) is 0. The van der Waals surface area contributed by atoms with Crippen molar-refractivity contribution >= 4 is 21.9 Å². The summed E-state index contributed by atoms with van der Waals surface area (Å²) in [5.41, 5.74) is 2.38. The van der Waals surface area contributed by atoms with Crippen LogP contribution >= 0.6 is 15.9 Å². The van der Waals surface area contributed by atoms with Gasteiger partial charge in [-0.2, -0.15) is 0 Å². The molecule has 22 heavy (non-hydrogen) atoms. The molecule has 1 aromatic rings. The molecular formula is C17H21BrO4. The second kappa shape index (κ2) is 5.15. The Kier molecular flexibility index (Phi) is 3.67. The third-order valence-corrected chi connectivity index (χ3v) is 5.31.